The van der Waals surface area contributed by atoms with Crippen LogP contribution in [0.5, 0.6) is 11.5 Å². The number of amides is 1. The van der Waals surface area contributed by atoms with Crippen molar-refractivity contribution in [2.75, 3.05) is 19.0 Å². The Morgan fingerprint density at radius 3 is 2.73 bits per heavy atom. The highest BCUT2D eigenvalue weighted by atomic mass is 32.1. The van der Waals surface area contributed by atoms with Gasteiger partial charge >= 0.3 is 0 Å². The number of benzene rings is 1. The van der Waals surface area contributed by atoms with Crippen LogP contribution < -0.4 is 14.8 Å². The van der Waals surface area contributed by atoms with Crippen molar-refractivity contribution in [1.82, 2.24) is 19.8 Å². The summed E-state index contributed by atoms with van der Waals surface area (Å²) >= 11 is 2.80. The molecule has 132 valence electrons. The van der Waals surface area contributed by atoms with E-state index >= 15 is 0 Å². The molecule has 1 N–H and O–H groups in total. The van der Waals surface area contributed by atoms with E-state index in [1.807, 2.05) is 17.5 Å². The molecule has 26 heavy (non-hydrogen) atoms. The number of fused-ring (bicyclic) bond motifs is 1. The summed E-state index contributed by atoms with van der Waals surface area (Å²) in [7, 11) is 1.59. The summed E-state index contributed by atoms with van der Waals surface area (Å²) in [6.45, 7) is -0.121. The topological polar surface area (TPSA) is 90.6 Å². The summed E-state index contributed by atoms with van der Waals surface area (Å²) in [5, 5.41) is 17.7. The molecule has 0 saturated heterocycles. The van der Waals surface area contributed by atoms with Crippen LogP contribution in [0.2, 0.25) is 0 Å². The van der Waals surface area contributed by atoms with Crippen molar-refractivity contribution in [3.05, 3.63) is 41.8 Å². The fourth-order valence-electron chi connectivity index (χ4n) is 2.20. The van der Waals surface area contributed by atoms with E-state index in [2.05, 4.69) is 20.6 Å². The van der Waals surface area contributed by atoms with Gasteiger partial charge in [0.15, 0.2) is 12.4 Å². The first kappa shape index (κ1) is 16.5. The first-order chi connectivity index (χ1) is 12.7. The Kier molecular flexibility index (Phi) is 4.50. The molecular formula is C16H13N5O3S2. The largest absolute Gasteiger partial charge is 0.497 e. The van der Waals surface area contributed by atoms with Crippen molar-refractivity contribution in [2.45, 2.75) is 0 Å². The lowest BCUT2D eigenvalue weighted by Crippen LogP contribution is -2.20. The molecule has 10 heteroatoms. The number of nitrogens with one attached hydrogen (secondary N) is 1. The molecule has 4 rings (SSSR count). The van der Waals surface area contributed by atoms with Gasteiger partial charge in [0.2, 0.25) is 10.1 Å². The molecule has 0 unspecified atom stereocenters. The quantitative estimate of drug-likeness (QED) is 0.547. The molecule has 0 atom stereocenters. The minimum atomic E-state index is -0.302. The number of carbonyl (C=O) groups is 1. The zero-order chi connectivity index (χ0) is 17.9. The summed E-state index contributed by atoms with van der Waals surface area (Å²) < 4.78 is 12.2. The van der Waals surface area contributed by atoms with Gasteiger partial charge in [-0.15, -0.1) is 26.6 Å². The van der Waals surface area contributed by atoms with E-state index in [1.54, 1.807) is 47.2 Å². The number of ether oxygens (including phenoxy) is 2. The van der Waals surface area contributed by atoms with E-state index in [9.17, 15) is 4.79 Å². The fourth-order valence-corrected chi connectivity index (χ4v) is 3.65. The number of carbonyl (C=O) groups excluding carboxylic acids is 1. The summed E-state index contributed by atoms with van der Waals surface area (Å²) in [5.41, 5.74) is 0. The summed E-state index contributed by atoms with van der Waals surface area (Å²) in [5.74, 6) is 1.66. The standard InChI is InChI=1S/C16H13N5O3S2/c1-23-10-4-6-11(7-5-10)24-9-13(22)17-15-20-21-14(12-3-2-8-25-12)18-19-16(21)26-15/h2-8H,9H2,1H3,(H,17,20,22). The monoisotopic (exact) mass is 387 g/mol. The van der Waals surface area contributed by atoms with Gasteiger partial charge < -0.3 is 9.47 Å². The Bertz CT molecular complexity index is 1020. The second-order valence-electron chi connectivity index (χ2n) is 5.11. The first-order valence-corrected chi connectivity index (χ1v) is 9.25. The van der Waals surface area contributed by atoms with Crippen molar-refractivity contribution in [3.63, 3.8) is 0 Å². The normalized spacial score (nSPS) is 10.8. The van der Waals surface area contributed by atoms with Crippen LogP contribution in [-0.2, 0) is 4.79 Å². The third kappa shape index (κ3) is 3.37. The van der Waals surface area contributed by atoms with Gasteiger partial charge in [-0.05, 0) is 35.7 Å². The van der Waals surface area contributed by atoms with E-state index in [1.165, 1.54) is 11.3 Å². The zero-order valence-corrected chi connectivity index (χ0v) is 15.2. The Morgan fingerprint density at radius 2 is 2.00 bits per heavy atom. The van der Waals surface area contributed by atoms with Crippen molar-refractivity contribution in [2.24, 2.45) is 0 Å². The van der Waals surface area contributed by atoms with Gasteiger partial charge in [0, 0.05) is 0 Å². The first-order valence-electron chi connectivity index (χ1n) is 7.56. The maximum absolute atomic E-state index is 12.1. The summed E-state index contributed by atoms with van der Waals surface area (Å²) in [6, 6.07) is 10.9. The number of hydrogen-bond acceptors (Lipinski definition) is 8. The molecule has 3 aromatic heterocycles. The Balaban J connectivity index is 1.41. The molecule has 0 fully saturated rings. The van der Waals surface area contributed by atoms with Gasteiger partial charge in [0.25, 0.3) is 5.91 Å². The summed E-state index contributed by atoms with van der Waals surface area (Å²) in [6.07, 6.45) is 0. The average molecular weight is 387 g/mol. The average Bonchev–Trinajstić information content (AvgIpc) is 3.37. The molecule has 1 amide bonds. The highest BCUT2D eigenvalue weighted by Gasteiger charge is 2.15. The molecule has 0 aliphatic carbocycles. The molecule has 3 heterocycles. The van der Waals surface area contributed by atoms with Gasteiger partial charge in [-0.2, -0.15) is 4.52 Å². The smallest absolute Gasteiger partial charge is 0.264 e. The highest BCUT2D eigenvalue weighted by molar-refractivity contribution is 7.20. The second kappa shape index (κ2) is 7.10. The maximum atomic E-state index is 12.1. The number of thiophene rings is 1. The minimum absolute atomic E-state index is 0.121. The molecule has 0 radical (unpaired) electrons. The molecule has 8 nitrogen and oxygen atoms in total. The third-order valence-corrected chi connectivity index (χ3v) is 5.09. The van der Waals surface area contributed by atoms with E-state index < -0.39 is 0 Å². The molecule has 0 saturated carbocycles. The van der Waals surface area contributed by atoms with Gasteiger partial charge in [-0.3, -0.25) is 10.1 Å². The highest BCUT2D eigenvalue weighted by Crippen LogP contribution is 2.26. The van der Waals surface area contributed by atoms with Crippen molar-refractivity contribution < 1.29 is 14.3 Å². The van der Waals surface area contributed by atoms with Crippen LogP contribution in [-0.4, -0.2) is 39.4 Å². The lowest BCUT2D eigenvalue weighted by atomic mass is 10.3. The van der Waals surface area contributed by atoms with Crippen LogP contribution in [0.15, 0.2) is 41.8 Å². The number of methoxy groups -OCH3 is 1. The predicted octanol–water partition coefficient (Wildman–Crippen LogP) is 2.94. The number of anilines is 1. The molecule has 0 aliphatic heterocycles. The molecule has 0 spiro atoms. The van der Waals surface area contributed by atoms with Gasteiger partial charge in [-0.25, -0.2) is 0 Å². The van der Waals surface area contributed by atoms with E-state index in [4.69, 9.17) is 9.47 Å². The van der Waals surface area contributed by atoms with Crippen LogP contribution in [0.3, 0.4) is 0 Å². The van der Waals surface area contributed by atoms with Gasteiger partial charge in [0.05, 0.1) is 12.0 Å². The number of hydrogen-bond donors (Lipinski definition) is 1. The number of rotatable bonds is 6. The number of nitrogens with zero attached hydrogens (tertiary/aromatic N) is 4. The SMILES string of the molecule is COc1ccc(OCC(=O)Nc2nn3c(-c4cccs4)nnc3s2)cc1. The Morgan fingerprint density at radius 1 is 1.19 bits per heavy atom. The van der Waals surface area contributed by atoms with E-state index in [0.717, 1.165) is 10.6 Å². The van der Waals surface area contributed by atoms with Crippen LogP contribution in [0.1, 0.15) is 0 Å². The Labute approximate surface area is 156 Å². The molecule has 1 aromatic carbocycles. The molecule has 0 bridgehead atoms. The summed E-state index contributed by atoms with van der Waals surface area (Å²) in [4.78, 5) is 13.7. The molecular weight excluding hydrogens is 374 g/mol. The Hall–Kier alpha value is -2.98. The fraction of sp³-hybridized carbons (Fsp3) is 0.125. The second-order valence-corrected chi connectivity index (χ2v) is 7.02. The van der Waals surface area contributed by atoms with Crippen LogP contribution >= 0.6 is 22.7 Å². The van der Waals surface area contributed by atoms with Gasteiger partial charge in [-0.1, -0.05) is 17.4 Å². The van der Waals surface area contributed by atoms with Crippen molar-refractivity contribution in [1.29, 1.82) is 0 Å². The zero-order valence-electron chi connectivity index (χ0n) is 13.6. The lowest BCUT2D eigenvalue weighted by molar-refractivity contribution is -0.118. The number of aromatic nitrogens is 4. The molecule has 0 aliphatic rings. The van der Waals surface area contributed by atoms with Gasteiger partial charge in [0.1, 0.15) is 11.5 Å². The predicted molar refractivity (Wildman–Crippen MR) is 99.1 cm³/mol. The van der Waals surface area contributed by atoms with Crippen LogP contribution in [0.25, 0.3) is 15.7 Å². The van der Waals surface area contributed by atoms with Crippen LogP contribution in [0.4, 0.5) is 5.13 Å². The lowest BCUT2D eigenvalue weighted by Gasteiger charge is -2.06. The minimum Gasteiger partial charge on any atom is -0.497 e. The van der Waals surface area contributed by atoms with Crippen molar-refractivity contribution >= 4 is 38.7 Å². The maximum Gasteiger partial charge on any atom is 0.264 e. The van der Waals surface area contributed by atoms with E-state index in [-0.39, 0.29) is 12.5 Å². The third-order valence-electron chi connectivity index (χ3n) is 3.41. The molecule has 4 aromatic rings. The van der Waals surface area contributed by atoms with E-state index in [0.29, 0.717) is 21.7 Å². The van der Waals surface area contributed by atoms with Crippen molar-refractivity contribution in [3.8, 4) is 22.2 Å². The van der Waals surface area contributed by atoms with Crippen LogP contribution in [0, 0.1) is 0 Å².